The summed E-state index contributed by atoms with van der Waals surface area (Å²) in [6.07, 6.45) is 1.14. The van der Waals surface area contributed by atoms with E-state index < -0.39 is 35.1 Å². The average molecular weight is 341 g/mol. The average Bonchev–Trinajstić information content (AvgIpc) is 2.99. The molecule has 3 N–H and O–H groups in total. The van der Waals surface area contributed by atoms with Crippen LogP contribution >= 0.6 is 0 Å². The van der Waals surface area contributed by atoms with E-state index in [-0.39, 0.29) is 17.1 Å². The van der Waals surface area contributed by atoms with Crippen molar-refractivity contribution < 1.29 is 33.8 Å². The molecule has 1 aromatic carbocycles. The van der Waals surface area contributed by atoms with Crippen LogP contribution in [0.25, 0.3) is 17.4 Å². The van der Waals surface area contributed by atoms with Crippen molar-refractivity contribution in [2.75, 3.05) is 0 Å². The fourth-order valence-corrected chi connectivity index (χ4v) is 2.18. The second-order valence-corrected chi connectivity index (χ2v) is 5.01. The van der Waals surface area contributed by atoms with Gasteiger partial charge in [-0.15, -0.1) is 0 Å². The summed E-state index contributed by atoms with van der Waals surface area (Å²) < 4.78 is 5.45. The van der Waals surface area contributed by atoms with Gasteiger partial charge in [0.25, 0.3) is 11.8 Å². The van der Waals surface area contributed by atoms with Crippen molar-refractivity contribution in [3.63, 3.8) is 0 Å². The number of nitrogens with one attached hydrogen (secondary N) is 2. The molecular formula is C16H9N2O7-. The number of barbiturate groups is 1. The Morgan fingerprint density at radius 2 is 1.76 bits per heavy atom. The summed E-state index contributed by atoms with van der Waals surface area (Å²) >= 11 is 0. The van der Waals surface area contributed by atoms with E-state index in [2.05, 4.69) is 0 Å². The van der Waals surface area contributed by atoms with Crippen molar-refractivity contribution in [1.29, 1.82) is 0 Å². The number of imide groups is 2. The number of benzene rings is 1. The summed E-state index contributed by atoms with van der Waals surface area (Å²) in [5.74, 6) is -3.35. The third-order valence-electron chi connectivity index (χ3n) is 3.35. The van der Waals surface area contributed by atoms with Crippen LogP contribution in [0, 0.1) is 0 Å². The fraction of sp³-hybridized carbons (Fsp3) is 0. The second kappa shape index (κ2) is 5.96. The number of furan rings is 1. The molecule has 2 aromatic rings. The molecule has 2 heterocycles. The molecule has 9 heteroatoms. The zero-order valence-electron chi connectivity index (χ0n) is 12.4. The predicted molar refractivity (Wildman–Crippen MR) is 80.2 cm³/mol. The van der Waals surface area contributed by atoms with Gasteiger partial charge in [0, 0.05) is 5.56 Å². The van der Waals surface area contributed by atoms with Crippen molar-refractivity contribution in [1.82, 2.24) is 10.6 Å². The monoisotopic (exact) mass is 341 g/mol. The third-order valence-corrected chi connectivity index (χ3v) is 3.35. The molecule has 0 aliphatic carbocycles. The fourth-order valence-electron chi connectivity index (χ4n) is 2.18. The third kappa shape index (κ3) is 3.11. The zero-order valence-corrected chi connectivity index (χ0v) is 12.4. The second-order valence-electron chi connectivity index (χ2n) is 5.01. The minimum Gasteiger partial charge on any atom is -0.872 e. The van der Waals surface area contributed by atoms with E-state index in [1.165, 1.54) is 24.3 Å². The number of urea groups is 1. The zero-order chi connectivity index (χ0) is 18.1. The molecule has 1 fully saturated rings. The molecular weight excluding hydrogens is 332 g/mol. The number of aromatic carboxylic acids is 1. The number of amides is 4. The first-order chi connectivity index (χ1) is 11.8. The van der Waals surface area contributed by atoms with Crippen molar-refractivity contribution >= 4 is 29.9 Å². The Hall–Kier alpha value is -3.88. The van der Waals surface area contributed by atoms with Crippen LogP contribution in [-0.2, 0) is 9.59 Å². The molecule has 1 aliphatic rings. The quantitative estimate of drug-likeness (QED) is 0.542. The smallest absolute Gasteiger partial charge is 0.335 e. The van der Waals surface area contributed by atoms with Gasteiger partial charge >= 0.3 is 12.0 Å². The van der Waals surface area contributed by atoms with Gasteiger partial charge in [0.2, 0.25) is 0 Å². The summed E-state index contributed by atoms with van der Waals surface area (Å²) in [6, 6.07) is 5.69. The molecule has 0 unspecified atom stereocenters. The van der Waals surface area contributed by atoms with E-state index in [4.69, 9.17) is 9.52 Å². The van der Waals surface area contributed by atoms with E-state index in [9.17, 15) is 24.3 Å². The SMILES string of the molecule is O=C1NC(=O)C(=Cc2ccc(-c3ccc([O-])c(C(=O)O)c3)o2)C(=O)N1. The van der Waals surface area contributed by atoms with Gasteiger partial charge in [-0.05, 0) is 24.3 Å². The molecule has 4 amide bonds. The van der Waals surface area contributed by atoms with Crippen LogP contribution in [0.3, 0.4) is 0 Å². The number of hydrogen-bond donors (Lipinski definition) is 3. The molecule has 25 heavy (non-hydrogen) atoms. The summed E-state index contributed by atoms with van der Waals surface area (Å²) in [5, 5.41) is 24.3. The molecule has 9 nitrogen and oxygen atoms in total. The maximum Gasteiger partial charge on any atom is 0.335 e. The van der Waals surface area contributed by atoms with E-state index >= 15 is 0 Å². The molecule has 1 aliphatic heterocycles. The highest BCUT2D eigenvalue weighted by Gasteiger charge is 2.28. The lowest BCUT2D eigenvalue weighted by Crippen LogP contribution is -2.51. The van der Waals surface area contributed by atoms with E-state index in [1.54, 1.807) is 0 Å². The van der Waals surface area contributed by atoms with Crippen LogP contribution in [0.2, 0.25) is 0 Å². The summed E-state index contributed by atoms with van der Waals surface area (Å²) in [6.45, 7) is 0. The first-order valence-corrected chi connectivity index (χ1v) is 6.88. The van der Waals surface area contributed by atoms with Gasteiger partial charge in [-0.25, -0.2) is 9.59 Å². The van der Waals surface area contributed by atoms with E-state index in [1.807, 2.05) is 10.6 Å². The number of carboxylic acid groups (broad SMARTS) is 1. The number of hydrogen-bond acceptors (Lipinski definition) is 6. The number of carboxylic acids is 1. The Bertz CT molecular complexity index is 933. The highest BCUT2D eigenvalue weighted by Crippen LogP contribution is 2.27. The Labute approximate surface area is 139 Å². The van der Waals surface area contributed by atoms with E-state index in [0.717, 1.165) is 12.1 Å². The molecule has 0 radical (unpaired) electrons. The lowest BCUT2D eigenvalue weighted by atomic mass is 10.1. The first-order valence-electron chi connectivity index (χ1n) is 6.88. The van der Waals surface area contributed by atoms with Crippen LogP contribution in [0.1, 0.15) is 16.1 Å². The lowest BCUT2D eigenvalue weighted by molar-refractivity contribution is -0.268. The number of carbonyl (C=O) groups excluding carboxylic acids is 3. The van der Waals surface area contributed by atoms with Gasteiger partial charge < -0.3 is 14.6 Å². The highest BCUT2D eigenvalue weighted by molar-refractivity contribution is 6.31. The molecule has 0 spiro atoms. The van der Waals surface area contributed by atoms with Gasteiger partial charge in [0.1, 0.15) is 17.1 Å². The van der Waals surface area contributed by atoms with Gasteiger partial charge in [-0.1, -0.05) is 17.9 Å². The molecule has 0 atom stereocenters. The molecule has 0 bridgehead atoms. The maximum absolute atomic E-state index is 11.7. The van der Waals surface area contributed by atoms with Crippen LogP contribution in [0.4, 0.5) is 4.79 Å². The largest absolute Gasteiger partial charge is 0.872 e. The van der Waals surface area contributed by atoms with Crippen molar-refractivity contribution in [3.8, 4) is 17.1 Å². The number of carbonyl (C=O) groups is 4. The Morgan fingerprint density at radius 3 is 2.40 bits per heavy atom. The Kier molecular flexibility index (Phi) is 3.82. The normalized spacial score (nSPS) is 14.1. The summed E-state index contributed by atoms with van der Waals surface area (Å²) in [5.41, 5.74) is -0.380. The van der Waals surface area contributed by atoms with Crippen LogP contribution < -0.4 is 15.7 Å². The summed E-state index contributed by atoms with van der Waals surface area (Å²) in [4.78, 5) is 45.3. The molecule has 1 saturated heterocycles. The minimum atomic E-state index is -1.36. The van der Waals surface area contributed by atoms with Crippen molar-refractivity contribution in [2.24, 2.45) is 0 Å². The van der Waals surface area contributed by atoms with Gasteiger partial charge in [0.05, 0.1) is 5.56 Å². The lowest BCUT2D eigenvalue weighted by Gasteiger charge is -2.13. The van der Waals surface area contributed by atoms with Gasteiger partial charge in [-0.2, -0.15) is 0 Å². The number of rotatable bonds is 3. The standard InChI is InChI=1S/C16H10N2O7/c19-11-3-1-7(5-9(11)15(22)23)12-4-2-8(25-12)6-10-13(20)17-16(24)18-14(10)21/h1-6,19H,(H,22,23)(H2,17,18,20,21,24)/p-1. The van der Waals surface area contributed by atoms with Crippen LogP contribution in [-0.4, -0.2) is 28.9 Å². The highest BCUT2D eigenvalue weighted by atomic mass is 16.4. The first kappa shape index (κ1) is 16.0. The molecule has 1 aromatic heterocycles. The maximum atomic E-state index is 11.7. The van der Waals surface area contributed by atoms with Crippen LogP contribution in [0.15, 0.2) is 40.3 Å². The Balaban J connectivity index is 1.93. The predicted octanol–water partition coefficient (Wildman–Crippen LogP) is 0.468. The van der Waals surface area contributed by atoms with Crippen molar-refractivity contribution in [2.45, 2.75) is 0 Å². The van der Waals surface area contributed by atoms with Crippen LogP contribution in [0.5, 0.6) is 5.75 Å². The van der Waals surface area contributed by atoms with Gasteiger partial charge in [0.15, 0.2) is 0 Å². The molecule has 0 saturated carbocycles. The van der Waals surface area contributed by atoms with E-state index in [0.29, 0.717) is 5.56 Å². The minimum absolute atomic E-state index is 0.132. The van der Waals surface area contributed by atoms with Crippen molar-refractivity contribution in [3.05, 3.63) is 47.2 Å². The Morgan fingerprint density at radius 1 is 1.08 bits per heavy atom. The summed E-state index contributed by atoms with van der Waals surface area (Å²) in [7, 11) is 0. The molecule has 126 valence electrons. The topological polar surface area (TPSA) is 149 Å². The molecule has 3 rings (SSSR count). The van der Waals surface area contributed by atoms with Gasteiger partial charge in [-0.3, -0.25) is 20.2 Å².